The summed E-state index contributed by atoms with van der Waals surface area (Å²) >= 11 is 15.5. The van der Waals surface area contributed by atoms with Gasteiger partial charge < -0.3 is 14.8 Å². The Kier molecular flexibility index (Phi) is 11.8. The number of rotatable bonds is 12. The summed E-state index contributed by atoms with van der Waals surface area (Å²) in [6, 6.07) is 9.47. The molecule has 0 aromatic heterocycles. The van der Waals surface area contributed by atoms with E-state index in [9.17, 15) is 9.59 Å². The summed E-state index contributed by atoms with van der Waals surface area (Å²) < 4.78 is 12.2. The first-order valence-electron chi connectivity index (χ1n) is 11.3. The molecule has 0 heterocycles. The van der Waals surface area contributed by atoms with E-state index < -0.39 is 24.0 Å². The number of hydrazone groups is 1. The Morgan fingerprint density at radius 1 is 1.09 bits per heavy atom. The van der Waals surface area contributed by atoms with Crippen molar-refractivity contribution in [3.05, 3.63) is 56.5 Å². The summed E-state index contributed by atoms with van der Waals surface area (Å²) in [5.74, 6) is 0.236. The number of nitrogens with one attached hydrogen (secondary N) is 2. The van der Waals surface area contributed by atoms with E-state index in [2.05, 4.69) is 31.8 Å². The zero-order chi connectivity index (χ0) is 26.0. The van der Waals surface area contributed by atoms with Crippen molar-refractivity contribution in [2.24, 2.45) is 11.0 Å². The molecule has 2 aromatic carbocycles. The molecular formula is C25H30BrCl2N3O4. The maximum absolute atomic E-state index is 12.8. The number of benzene rings is 2. The first-order valence-corrected chi connectivity index (χ1v) is 12.8. The number of hydrogen-bond acceptors (Lipinski definition) is 5. The van der Waals surface area contributed by atoms with Gasteiger partial charge in [0, 0.05) is 15.1 Å². The van der Waals surface area contributed by atoms with Crippen molar-refractivity contribution in [1.29, 1.82) is 0 Å². The SMILES string of the molecule is CCCOc1ccc(Br)cc1/C=N\NC(=O)[C@@H](CC(C)C)NC(=O)[C@@H](C)Oc1ccc(Cl)cc1Cl. The Bertz CT molecular complexity index is 1050. The summed E-state index contributed by atoms with van der Waals surface area (Å²) in [6.45, 7) is 8.09. The molecule has 35 heavy (non-hydrogen) atoms. The predicted molar refractivity (Wildman–Crippen MR) is 144 cm³/mol. The Morgan fingerprint density at radius 2 is 1.80 bits per heavy atom. The van der Waals surface area contributed by atoms with Gasteiger partial charge in [0.1, 0.15) is 17.5 Å². The minimum absolute atomic E-state index is 0.149. The molecule has 0 bridgehead atoms. The number of amides is 2. The molecule has 2 rings (SSSR count). The Labute approximate surface area is 224 Å². The summed E-state index contributed by atoms with van der Waals surface area (Å²) in [7, 11) is 0. The molecule has 0 aliphatic carbocycles. The minimum atomic E-state index is -0.889. The van der Waals surface area contributed by atoms with Crippen molar-refractivity contribution in [3.63, 3.8) is 0 Å². The molecule has 2 aromatic rings. The third-order valence-electron chi connectivity index (χ3n) is 4.72. The van der Waals surface area contributed by atoms with Crippen molar-refractivity contribution in [3.8, 4) is 11.5 Å². The van der Waals surface area contributed by atoms with Crippen LogP contribution < -0.4 is 20.2 Å². The van der Waals surface area contributed by atoms with Crippen LogP contribution in [0.15, 0.2) is 46.0 Å². The molecular weight excluding hydrogens is 557 g/mol. The maximum Gasteiger partial charge on any atom is 0.262 e. The van der Waals surface area contributed by atoms with E-state index in [-0.39, 0.29) is 10.9 Å². The molecule has 0 saturated carbocycles. The van der Waals surface area contributed by atoms with Crippen LogP contribution >= 0.6 is 39.1 Å². The third kappa shape index (κ3) is 9.70. The van der Waals surface area contributed by atoms with Gasteiger partial charge >= 0.3 is 0 Å². The second-order valence-electron chi connectivity index (χ2n) is 8.29. The highest BCUT2D eigenvalue weighted by Crippen LogP contribution is 2.28. The fourth-order valence-corrected chi connectivity index (χ4v) is 3.85. The smallest absolute Gasteiger partial charge is 0.262 e. The molecule has 0 unspecified atom stereocenters. The highest BCUT2D eigenvalue weighted by Gasteiger charge is 2.25. The zero-order valence-electron chi connectivity index (χ0n) is 20.1. The first kappa shape index (κ1) is 28.9. The number of halogens is 3. The topological polar surface area (TPSA) is 89.0 Å². The van der Waals surface area contributed by atoms with Crippen molar-refractivity contribution in [2.45, 2.75) is 52.7 Å². The van der Waals surface area contributed by atoms with Crippen LogP contribution in [-0.4, -0.2) is 36.8 Å². The summed E-state index contributed by atoms with van der Waals surface area (Å²) in [6.07, 6.45) is 1.91. The molecule has 0 radical (unpaired) electrons. The van der Waals surface area contributed by atoms with E-state index in [0.717, 1.165) is 10.9 Å². The summed E-state index contributed by atoms with van der Waals surface area (Å²) in [5, 5.41) is 7.57. The van der Waals surface area contributed by atoms with Crippen molar-refractivity contribution >= 4 is 57.2 Å². The van der Waals surface area contributed by atoms with Crippen LogP contribution in [0.5, 0.6) is 11.5 Å². The van der Waals surface area contributed by atoms with E-state index in [1.54, 1.807) is 19.1 Å². The highest BCUT2D eigenvalue weighted by atomic mass is 79.9. The number of carbonyl (C=O) groups is 2. The largest absolute Gasteiger partial charge is 0.493 e. The Hall–Kier alpha value is -2.29. The molecule has 10 heteroatoms. The monoisotopic (exact) mass is 585 g/mol. The van der Waals surface area contributed by atoms with Crippen LogP contribution in [0.4, 0.5) is 0 Å². The van der Waals surface area contributed by atoms with Crippen LogP contribution in [0.1, 0.15) is 46.1 Å². The molecule has 7 nitrogen and oxygen atoms in total. The number of ether oxygens (including phenoxy) is 2. The highest BCUT2D eigenvalue weighted by molar-refractivity contribution is 9.10. The molecule has 0 saturated heterocycles. The second-order valence-corrected chi connectivity index (χ2v) is 10.0. The molecule has 0 spiro atoms. The van der Waals surface area contributed by atoms with E-state index in [4.69, 9.17) is 32.7 Å². The molecule has 2 N–H and O–H groups in total. The molecule has 0 fully saturated rings. The third-order valence-corrected chi connectivity index (χ3v) is 5.74. The van der Waals surface area contributed by atoms with Crippen molar-refractivity contribution < 1.29 is 19.1 Å². The van der Waals surface area contributed by atoms with Gasteiger partial charge in [-0.15, -0.1) is 0 Å². The van der Waals surface area contributed by atoms with Crippen LogP contribution in [0.2, 0.25) is 10.0 Å². The summed E-state index contributed by atoms with van der Waals surface area (Å²) in [5.41, 5.74) is 3.22. The van der Waals surface area contributed by atoms with Gasteiger partial charge in [-0.05, 0) is 62.1 Å². The van der Waals surface area contributed by atoms with Crippen molar-refractivity contribution in [1.82, 2.24) is 10.7 Å². The number of hydrogen-bond donors (Lipinski definition) is 2. The minimum Gasteiger partial charge on any atom is -0.493 e. The van der Waals surface area contributed by atoms with Gasteiger partial charge in [0.2, 0.25) is 0 Å². The van der Waals surface area contributed by atoms with Crippen LogP contribution in [0.25, 0.3) is 0 Å². The Balaban J connectivity index is 2.05. The molecule has 0 aliphatic heterocycles. The lowest BCUT2D eigenvalue weighted by Crippen LogP contribution is -2.49. The van der Waals surface area contributed by atoms with Crippen LogP contribution in [0, 0.1) is 5.92 Å². The lowest BCUT2D eigenvalue weighted by molar-refractivity contribution is -0.132. The van der Waals surface area contributed by atoms with Gasteiger partial charge in [-0.1, -0.05) is 59.9 Å². The van der Waals surface area contributed by atoms with E-state index in [1.165, 1.54) is 12.3 Å². The fourth-order valence-electron chi connectivity index (χ4n) is 3.01. The lowest BCUT2D eigenvalue weighted by atomic mass is 10.0. The first-order chi connectivity index (χ1) is 16.6. The van der Waals surface area contributed by atoms with Gasteiger partial charge in [-0.2, -0.15) is 5.10 Å². The quantitative estimate of drug-likeness (QED) is 0.236. The van der Waals surface area contributed by atoms with Crippen LogP contribution in [-0.2, 0) is 9.59 Å². The maximum atomic E-state index is 12.8. The average Bonchev–Trinajstić information content (AvgIpc) is 2.79. The van der Waals surface area contributed by atoms with E-state index >= 15 is 0 Å². The fraction of sp³-hybridized carbons (Fsp3) is 0.400. The van der Waals surface area contributed by atoms with Crippen LogP contribution in [0.3, 0.4) is 0 Å². The molecule has 2 amide bonds. The normalized spacial score (nSPS) is 12.9. The predicted octanol–water partition coefficient (Wildman–Crippen LogP) is 5.99. The molecule has 0 aliphatic rings. The van der Waals surface area contributed by atoms with Gasteiger partial charge in [0.25, 0.3) is 11.8 Å². The number of nitrogens with zero attached hydrogens (tertiary/aromatic N) is 1. The summed E-state index contributed by atoms with van der Waals surface area (Å²) in [4.78, 5) is 25.6. The lowest BCUT2D eigenvalue weighted by Gasteiger charge is -2.22. The van der Waals surface area contributed by atoms with E-state index in [0.29, 0.717) is 35.1 Å². The zero-order valence-corrected chi connectivity index (χ0v) is 23.2. The van der Waals surface area contributed by atoms with Gasteiger partial charge in [-0.25, -0.2) is 5.43 Å². The van der Waals surface area contributed by atoms with Gasteiger partial charge in [-0.3, -0.25) is 9.59 Å². The van der Waals surface area contributed by atoms with Gasteiger partial charge in [0.05, 0.1) is 17.8 Å². The van der Waals surface area contributed by atoms with E-state index in [1.807, 2.05) is 39.0 Å². The number of carbonyl (C=O) groups excluding carboxylic acids is 2. The molecule has 2 atom stereocenters. The average molecular weight is 587 g/mol. The molecule has 190 valence electrons. The Morgan fingerprint density at radius 3 is 2.46 bits per heavy atom. The second kappa shape index (κ2) is 14.3. The standard InChI is InChI=1S/C25H30BrCl2N3O4/c1-5-10-34-22-8-6-18(26)12-17(22)14-29-31-25(33)21(11-15(2)3)30-24(32)16(4)35-23-9-7-19(27)13-20(23)28/h6-9,12-16,21H,5,10-11H2,1-4H3,(H,30,32)(H,31,33)/b29-14-/t16-,21-/m1/s1. The van der Waals surface area contributed by atoms with Crippen molar-refractivity contribution in [2.75, 3.05) is 6.61 Å². The van der Waals surface area contributed by atoms with Gasteiger partial charge in [0.15, 0.2) is 6.10 Å².